The predicted octanol–water partition coefficient (Wildman–Crippen LogP) is 1.83. The molecule has 1 rings (SSSR count). The predicted molar refractivity (Wildman–Crippen MR) is 75.1 cm³/mol. The number of rotatable bonds is 7. The van der Waals surface area contributed by atoms with Gasteiger partial charge in [0.15, 0.2) is 0 Å². The van der Waals surface area contributed by atoms with Gasteiger partial charge in [-0.25, -0.2) is 9.36 Å². The molecule has 0 amide bonds. The minimum absolute atomic E-state index is 0.00973. The maximum atomic E-state index is 11.3. The Morgan fingerprint density at radius 1 is 1.38 bits per heavy atom. The number of hydrogen-bond acceptors (Lipinski definition) is 5. The molecular formula is C13H17O7P. The molecule has 0 saturated heterocycles. The fourth-order valence-corrected chi connectivity index (χ4v) is 1.91. The molecular weight excluding hydrogens is 299 g/mol. The molecule has 1 aromatic rings. The van der Waals surface area contributed by atoms with Gasteiger partial charge in [-0.3, -0.25) is 9.79 Å². The summed E-state index contributed by atoms with van der Waals surface area (Å²) in [5.41, 5.74) is 0.722. The van der Waals surface area contributed by atoms with Crippen molar-refractivity contribution in [1.29, 1.82) is 0 Å². The second kappa shape index (κ2) is 7.26. The molecule has 0 spiro atoms. The summed E-state index contributed by atoms with van der Waals surface area (Å²) in [4.78, 5) is 29.0. The molecule has 2 N–H and O–H groups in total. The van der Waals surface area contributed by atoms with E-state index >= 15 is 0 Å². The van der Waals surface area contributed by atoms with Gasteiger partial charge in [-0.2, -0.15) is 0 Å². The van der Waals surface area contributed by atoms with Gasteiger partial charge in [0.05, 0.1) is 13.7 Å². The highest BCUT2D eigenvalue weighted by Crippen LogP contribution is 2.40. The van der Waals surface area contributed by atoms with Crippen molar-refractivity contribution < 1.29 is 33.1 Å². The highest BCUT2D eigenvalue weighted by Gasteiger charge is 2.19. The van der Waals surface area contributed by atoms with E-state index in [0.29, 0.717) is 11.3 Å². The third-order valence-electron chi connectivity index (χ3n) is 2.44. The lowest BCUT2D eigenvalue weighted by atomic mass is 10.1. The highest BCUT2D eigenvalue weighted by molar-refractivity contribution is 7.46. The van der Waals surface area contributed by atoms with Crippen LogP contribution in [0.3, 0.4) is 0 Å². The second-order valence-corrected chi connectivity index (χ2v) is 5.39. The molecule has 0 unspecified atom stereocenters. The summed E-state index contributed by atoms with van der Waals surface area (Å²) in [6, 6.07) is 4.45. The van der Waals surface area contributed by atoms with Gasteiger partial charge < -0.3 is 14.0 Å². The first kappa shape index (κ1) is 17.2. The first-order valence-electron chi connectivity index (χ1n) is 5.97. The van der Waals surface area contributed by atoms with Crippen LogP contribution in [0.4, 0.5) is 0 Å². The molecule has 0 aliphatic rings. The van der Waals surface area contributed by atoms with E-state index in [-0.39, 0.29) is 24.4 Å². The molecule has 0 atom stereocenters. The highest BCUT2D eigenvalue weighted by atomic mass is 31.2. The average Bonchev–Trinajstić information content (AvgIpc) is 2.38. The van der Waals surface area contributed by atoms with Crippen LogP contribution in [0.5, 0.6) is 11.5 Å². The van der Waals surface area contributed by atoms with Crippen molar-refractivity contribution in [2.45, 2.75) is 13.3 Å². The van der Waals surface area contributed by atoms with Gasteiger partial charge in [0.1, 0.15) is 11.5 Å². The number of phosphoric ester groups is 1. The fourth-order valence-electron chi connectivity index (χ4n) is 1.47. The van der Waals surface area contributed by atoms with Gasteiger partial charge in [-0.1, -0.05) is 6.58 Å². The minimum Gasteiger partial charge on any atom is -0.497 e. The zero-order chi connectivity index (χ0) is 16.0. The molecule has 21 heavy (non-hydrogen) atoms. The van der Waals surface area contributed by atoms with E-state index in [2.05, 4.69) is 11.1 Å². The Hall–Kier alpha value is -1.82. The SMILES string of the molecule is C=C(C)C(=O)OCCc1cc(OC)ccc1OP(=O)(O)O. The molecule has 0 aromatic heterocycles. The monoisotopic (exact) mass is 316 g/mol. The van der Waals surface area contributed by atoms with E-state index in [4.69, 9.17) is 19.3 Å². The molecule has 0 fully saturated rings. The van der Waals surface area contributed by atoms with Gasteiger partial charge in [-0.05, 0) is 25.1 Å². The van der Waals surface area contributed by atoms with Gasteiger partial charge in [0.25, 0.3) is 0 Å². The van der Waals surface area contributed by atoms with Crippen LogP contribution in [0.15, 0.2) is 30.4 Å². The smallest absolute Gasteiger partial charge is 0.497 e. The van der Waals surface area contributed by atoms with Crippen molar-refractivity contribution in [2.75, 3.05) is 13.7 Å². The van der Waals surface area contributed by atoms with Crippen molar-refractivity contribution in [3.8, 4) is 11.5 Å². The van der Waals surface area contributed by atoms with Crippen molar-refractivity contribution in [3.05, 3.63) is 35.9 Å². The van der Waals surface area contributed by atoms with Crippen LogP contribution in [-0.2, 0) is 20.5 Å². The Morgan fingerprint density at radius 3 is 2.57 bits per heavy atom. The summed E-state index contributed by atoms with van der Waals surface area (Å²) < 4.78 is 25.5. The van der Waals surface area contributed by atoms with Crippen LogP contribution >= 0.6 is 7.82 Å². The number of esters is 1. The van der Waals surface area contributed by atoms with Crippen LogP contribution in [0.1, 0.15) is 12.5 Å². The lowest BCUT2D eigenvalue weighted by Gasteiger charge is -2.13. The molecule has 7 nitrogen and oxygen atoms in total. The molecule has 0 aliphatic heterocycles. The Bertz CT molecular complexity index is 576. The van der Waals surface area contributed by atoms with E-state index in [1.54, 1.807) is 6.07 Å². The summed E-state index contributed by atoms with van der Waals surface area (Å²) in [6.45, 7) is 5.00. The zero-order valence-corrected chi connectivity index (χ0v) is 12.6. The summed E-state index contributed by atoms with van der Waals surface area (Å²) in [6.07, 6.45) is 0.214. The number of carbonyl (C=O) groups is 1. The Balaban J connectivity index is 2.84. The first-order chi connectivity index (χ1) is 9.73. The minimum atomic E-state index is -4.67. The lowest BCUT2D eigenvalue weighted by Crippen LogP contribution is -2.08. The van der Waals surface area contributed by atoms with E-state index in [9.17, 15) is 9.36 Å². The quantitative estimate of drug-likeness (QED) is 0.449. The van der Waals surface area contributed by atoms with Crippen LogP contribution in [0.2, 0.25) is 0 Å². The maximum absolute atomic E-state index is 11.3. The lowest BCUT2D eigenvalue weighted by molar-refractivity contribution is -0.138. The summed E-state index contributed by atoms with van der Waals surface area (Å²) in [5.74, 6) is -0.0276. The second-order valence-electron chi connectivity index (χ2n) is 4.22. The van der Waals surface area contributed by atoms with Crippen molar-refractivity contribution in [2.24, 2.45) is 0 Å². The van der Waals surface area contributed by atoms with Crippen molar-refractivity contribution in [3.63, 3.8) is 0 Å². The van der Waals surface area contributed by atoms with Crippen LogP contribution in [0.25, 0.3) is 0 Å². The fraction of sp³-hybridized carbons (Fsp3) is 0.308. The molecule has 0 radical (unpaired) electrons. The van der Waals surface area contributed by atoms with Crippen molar-refractivity contribution in [1.82, 2.24) is 0 Å². The molecule has 8 heteroatoms. The molecule has 0 saturated carbocycles. The van der Waals surface area contributed by atoms with E-state index < -0.39 is 13.8 Å². The zero-order valence-electron chi connectivity index (χ0n) is 11.7. The largest absolute Gasteiger partial charge is 0.524 e. The van der Waals surface area contributed by atoms with Gasteiger partial charge >= 0.3 is 13.8 Å². The third-order valence-corrected chi connectivity index (χ3v) is 2.87. The Kier molecular flexibility index (Phi) is 5.96. The topological polar surface area (TPSA) is 102 Å². The molecule has 1 aromatic carbocycles. The normalized spacial score (nSPS) is 10.9. The van der Waals surface area contributed by atoms with Crippen molar-refractivity contribution >= 4 is 13.8 Å². The van der Waals surface area contributed by atoms with E-state index in [0.717, 1.165) is 0 Å². The number of carbonyl (C=O) groups excluding carboxylic acids is 1. The summed E-state index contributed by atoms with van der Waals surface area (Å²) in [7, 11) is -3.21. The molecule has 116 valence electrons. The summed E-state index contributed by atoms with van der Waals surface area (Å²) >= 11 is 0. The summed E-state index contributed by atoms with van der Waals surface area (Å²) in [5, 5.41) is 0. The molecule has 0 bridgehead atoms. The number of ether oxygens (including phenoxy) is 2. The average molecular weight is 316 g/mol. The first-order valence-corrected chi connectivity index (χ1v) is 7.50. The van der Waals surface area contributed by atoms with Gasteiger partial charge in [0.2, 0.25) is 0 Å². The van der Waals surface area contributed by atoms with E-state index in [1.807, 2.05) is 0 Å². The van der Waals surface area contributed by atoms with Crippen LogP contribution in [-0.4, -0.2) is 29.5 Å². The Morgan fingerprint density at radius 2 is 2.05 bits per heavy atom. The molecule has 0 heterocycles. The third kappa shape index (κ3) is 5.99. The number of phosphoric acid groups is 1. The van der Waals surface area contributed by atoms with Gasteiger partial charge in [-0.15, -0.1) is 0 Å². The van der Waals surface area contributed by atoms with Crippen LogP contribution in [0, 0.1) is 0 Å². The van der Waals surface area contributed by atoms with Crippen LogP contribution < -0.4 is 9.26 Å². The van der Waals surface area contributed by atoms with E-state index in [1.165, 1.54) is 26.2 Å². The number of benzene rings is 1. The Labute approximate surface area is 122 Å². The van der Waals surface area contributed by atoms with Gasteiger partial charge in [0, 0.05) is 17.6 Å². The maximum Gasteiger partial charge on any atom is 0.524 e. The standard InChI is InChI=1S/C13H17O7P/c1-9(2)13(14)19-7-6-10-8-11(18-3)4-5-12(10)20-21(15,16)17/h4-5,8H,1,6-7H2,2-3H3,(H2,15,16,17). The molecule has 0 aliphatic carbocycles. The number of methoxy groups -OCH3 is 1. The number of hydrogen-bond donors (Lipinski definition) is 2.